The van der Waals surface area contributed by atoms with Crippen molar-refractivity contribution in [1.29, 1.82) is 0 Å². The first-order chi connectivity index (χ1) is 9.33. The number of rotatable bonds is 5. The van der Waals surface area contributed by atoms with E-state index in [4.69, 9.17) is 5.73 Å². The molecule has 110 valence electrons. The van der Waals surface area contributed by atoms with Crippen molar-refractivity contribution in [2.75, 3.05) is 25.5 Å². The molecule has 1 rings (SSSR count). The molecule has 0 saturated carbocycles. The minimum Gasteiger partial charge on any atom is -0.336 e. The summed E-state index contributed by atoms with van der Waals surface area (Å²) in [6.07, 6.45) is 0. The van der Waals surface area contributed by atoms with Gasteiger partial charge in [-0.1, -0.05) is 6.92 Å². The number of benzene rings is 1. The van der Waals surface area contributed by atoms with E-state index in [1.54, 1.807) is 6.92 Å². The van der Waals surface area contributed by atoms with E-state index in [0.717, 1.165) is 12.1 Å². The lowest BCUT2D eigenvalue weighted by atomic mass is 10.1. The zero-order valence-corrected chi connectivity index (χ0v) is 11.3. The lowest BCUT2D eigenvalue weighted by molar-refractivity contribution is -0.136. The molecule has 3 N–H and O–H groups in total. The average molecular weight is 285 g/mol. The largest absolute Gasteiger partial charge is 0.336 e. The van der Waals surface area contributed by atoms with Crippen molar-refractivity contribution < 1.29 is 18.4 Å². The smallest absolute Gasteiger partial charge is 0.243 e. The molecule has 0 fully saturated rings. The lowest BCUT2D eigenvalue weighted by Gasteiger charge is -2.20. The van der Waals surface area contributed by atoms with Gasteiger partial charge in [0.2, 0.25) is 11.8 Å². The third kappa shape index (κ3) is 4.58. The molecular formula is C13H17F2N3O2. The van der Waals surface area contributed by atoms with Crippen molar-refractivity contribution in [3.05, 3.63) is 29.8 Å². The van der Waals surface area contributed by atoms with Crippen molar-refractivity contribution in [3.8, 4) is 0 Å². The number of amides is 2. The highest BCUT2D eigenvalue weighted by Crippen LogP contribution is 2.12. The highest BCUT2D eigenvalue weighted by molar-refractivity contribution is 5.94. The Balaban J connectivity index is 2.61. The second-order valence-corrected chi connectivity index (χ2v) is 4.54. The van der Waals surface area contributed by atoms with Crippen LogP contribution >= 0.6 is 0 Å². The summed E-state index contributed by atoms with van der Waals surface area (Å²) in [5.74, 6) is -2.79. The van der Waals surface area contributed by atoms with Gasteiger partial charge in [0, 0.05) is 31.3 Å². The van der Waals surface area contributed by atoms with Crippen LogP contribution in [-0.4, -0.2) is 36.9 Å². The first-order valence-corrected chi connectivity index (χ1v) is 6.04. The van der Waals surface area contributed by atoms with Gasteiger partial charge in [0.1, 0.15) is 11.6 Å². The van der Waals surface area contributed by atoms with Crippen LogP contribution in [-0.2, 0) is 9.59 Å². The summed E-state index contributed by atoms with van der Waals surface area (Å²) in [6, 6.07) is 2.69. The van der Waals surface area contributed by atoms with Crippen molar-refractivity contribution in [2.24, 2.45) is 11.7 Å². The van der Waals surface area contributed by atoms with E-state index in [2.05, 4.69) is 5.32 Å². The van der Waals surface area contributed by atoms with Crippen molar-refractivity contribution in [3.63, 3.8) is 0 Å². The zero-order valence-electron chi connectivity index (χ0n) is 11.3. The van der Waals surface area contributed by atoms with Crippen LogP contribution in [0.25, 0.3) is 0 Å². The fourth-order valence-electron chi connectivity index (χ4n) is 1.60. The minimum absolute atomic E-state index is 0.000206. The first kappa shape index (κ1) is 16.0. The SMILES string of the molecule is CC(CN)C(=O)N(C)CC(=O)Nc1cc(F)cc(F)c1. The van der Waals surface area contributed by atoms with Gasteiger partial charge in [0.25, 0.3) is 0 Å². The summed E-state index contributed by atoms with van der Waals surface area (Å²) in [5, 5.41) is 2.32. The second kappa shape index (κ2) is 6.95. The van der Waals surface area contributed by atoms with Gasteiger partial charge in [-0.25, -0.2) is 8.78 Å². The molecule has 0 aliphatic rings. The molecule has 0 bridgehead atoms. The van der Waals surface area contributed by atoms with Gasteiger partial charge in [-0.3, -0.25) is 9.59 Å². The van der Waals surface area contributed by atoms with Crippen molar-refractivity contribution in [1.82, 2.24) is 4.90 Å². The van der Waals surface area contributed by atoms with Gasteiger partial charge in [-0.2, -0.15) is 0 Å². The summed E-state index contributed by atoms with van der Waals surface area (Å²) < 4.78 is 25.9. The molecule has 0 aliphatic carbocycles. The van der Waals surface area contributed by atoms with Crippen LogP contribution in [0.2, 0.25) is 0 Å². The molecule has 2 amide bonds. The number of nitrogens with zero attached hydrogens (tertiary/aromatic N) is 1. The summed E-state index contributed by atoms with van der Waals surface area (Å²) in [6.45, 7) is 1.61. The molecule has 20 heavy (non-hydrogen) atoms. The molecule has 1 atom stereocenters. The molecule has 0 saturated heterocycles. The molecule has 0 heterocycles. The fourth-order valence-corrected chi connectivity index (χ4v) is 1.60. The standard InChI is InChI=1S/C13H17F2N3O2/c1-8(6-16)13(20)18(2)7-12(19)17-11-4-9(14)3-10(15)5-11/h3-5,8H,6-7,16H2,1-2H3,(H,17,19). The number of nitrogens with one attached hydrogen (secondary N) is 1. The van der Waals surface area contributed by atoms with E-state index >= 15 is 0 Å². The quantitative estimate of drug-likeness (QED) is 0.846. The van der Waals surface area contributed by atoms with Crippen LogP contribution in [0, 0.1) is 17.6 Å². The average Bonchev–Trinajstić information content (AvgIpc) is 2.35. The van der Waals surface area contributed by atoms with Gasteiger partial charge in [-0.05, 0) is 12.1 Å². The van der Waals surface area contributed by atoms with E-state index in [1.807, 2.05) is 0 Å². The Morgan fingerprint density at radius 2 is 1.85 bits per heavy atom. The predicted molar refractivity (Wildman–Crippen MR) is 70.8 cm³/mol. The number of hydrogen-bond donors (Lipinski definition) is 2. The van der Waals surface area contributed by atoms with Crippen LogP contribution in [0.5, 0.6) is 0 Å². The number of anilines is 1. The molecule has 1 aromatic carbocycles. The van der Waals surface area contributed by atoms with E-state index in [9.17, 15) is 18.4 Å². The van der Waals surface area contributed by atoms with E-state index in [1.165, 1.54) is 11.9 Å². The Morgan fingerprint density at radius 1 is 1.30 bits per heavy atom. The molecule has 7 heteroatoms. The van der Waals surface area contributed by atoms with E-state index in [0.29, 0.717) is 6.07 Å². The zero-order chi connectivity index (χ0) is 15.3. The Bertz CT molecular complexity index is 488. The lowest BCUT2D eigenvalue weighted by Crippen LogP contribution is -2.39. The Kier molecular flexibility index (Phi) is 5.57. The minimum atomic E-state index is -0.790. The number of carbonyl (C=O) groups is 2. The van der Waals surface area contributed by atoms with Crippen LogP contribution in [0.4, 0.5) is 14.5 Å². The number of nitrogens with two attached hydrogens (primary N) is 1. The normalized spacial score (nSPS) is 11.8. The highest BCUT2D eigenvalue weighted by Gasteiger charge is 2.18. The van der Waals surface area contributed by atoms with Gasteiger partial charge in [0.05, 0.1) is 6.54 Å². The maximum atomic E-state index is 13.0. The Labute approximate surface area is 115 Å². The molecule has 1 aromatic rings. The second-order valence-electron chi connectivity index (χ2n) is 4.54. The highest BCUT2D eigenvalue weighted by atomic mass is 19.1. The van der Waals surface area contributed by atoms with Gasteiger partial charge in [0.15, 0.2) is 0 Å². The Morgan fingerprint density at radius 3 is 2.35 bits per heavy atom. The fraction of sp³-hybridized carbons (Fsp3) is 0.385. The van der Waals surface area contributed by atoms with Crippen molar-refractivity contribution >= 4 is 17.5 Å². The maximum absolute atomic E-state index is 13.0. The third-order valence-electron chi connectivity index (χ3n) is 2.68. The summed E-state index contributed by atoms with van der Waals surface area (Å²) in [7, 11) is 1.46. The third-order valence-corrected chi connectivity index (χ3v) is 2.68. The topological polar surface area (TPSA) is 75.4 Å². The number of hydrogen-bond acceptors (Lipinski definition) is 3. The molecule has 1 unspecified atom stereocenters. The van der Waals surface area contributed by atoms with Crippen LogP contribution in [0.15, 0.2) is 18.2 Å². The predicted octanol–water partition coefficient (Wildman–Crippen LogP) is 0.956. The summed E-state index contributed by atoms with van der Waals surface area (Å²) in [4.78, 5) is 24.6. The first-order valence-electron chi connectivity index (χ1n) is 6.04. The van der Waals surface area contributed by atoms with E-state index < -0.39 is 17.5 Å². The Hall–Kier alpha value is -2.02. The van der Waals surface area contributed by atoms with Gasteiger partial charge in [-0.15, -0.1) is 0 Å². The van der Waals surface area contributed by atoms with Crippen LogP contribution in [0.1, 0.15) is 6.92 Å². The number of likely N-dealkylation sites (N-methyl/N-ethyl adjacent to an activating group) is 1. The molecule has 0 radical (unpaired) electrons. The molecule has 0 aromatic heterocycles. The summed E-state index contributed by atoms with van der Waals surface area (Å²) >= 11 is 0. The maximum Gasteiger partial charge on any atom is 0.243 e. The van der Waals surface area contributed by atoms with E-state index in [-0.39, 0.29) is 30.6 Å². The van der Waals surface area contributed by atoms with Crippen LogP contribution in [0.3, 0.4) is 0 Å². The van der Waals surface area contributed by atoms with Crippen LogP contribution < -0.4 is 11.1 Å². The monoisotopic (exact) mass is 285 g/mol. The van der Waals surface area contributed by atoms with Gasteiger partial charge < -0.3 is 16.0 Å². The molecule has 5 nitrogen and oxygen atoms in total. The van der Waals surface area contributed by atoms with Gasteiger partial charge >= 0.3 is 0 Å². The molecule has 0 aliphatic heterocycles. The molecule has 0 spiro atoms. The number of carbonyl (C=O) groups excluding carboxylic acids is 2. The summed E-state index contributed by atoms with van der Waals surface area (Å²) in [5.41, 5.74) is 5.37. The molecular weight excluding hydrogens is 268 g/mol. The number of halogens is 2. The van der Waals surface area contributed by atoms with Crippen molar-refractivity contribution in [2.45, 2.75) is 6.92 Å².